The number of rotatable bonds is 10. The average molecular weight is 306 g/mol. The van der Waals surface area contributed by atoms with Crippen LogP contribution in [0.1, 0.15) is 31.7 Å². The van der Waals surface area contributed by atoms with Crippen LogP contribution in [-0.2, 0) is 20.8 Å². The normalized spacial score (nSPS) is 13.0. The molecule has 0 aromatic heterocycles. The summed E-state index contributed by atoms with van der Waals surface area (Å²) in [6.45, 7) is 1.98. The third-order valence-corrected chi connectivity index (χ3v) is 3.33. The van der Waals surface area contributed by atoms with Crippen LogP contribution in [0, 0.1) is 0 Å². The van der Waals surface area contributed by atoms with Crippen molar-refractivity contribution in [3.05, 3.63) is 35.9 Å². The summed E-state index contributed by atoms with van der Waals surface area (Å²) in [6.07, 6.45) is 2.81. The van der Waals surface area contributed by atoms with Crippen LogP contribution in [0.4, 0.5) is 0 Å². The van der Waals surface area contributed by atoms with E-state index in [0.717, 1.165) is 18.4 Å². The molecule has 0 fully saturated rings. The highest BCUT2D eigenvalue weighted by Crippen LogP contribution is 2.05. The van der Waals surface area contributed by atoms with E-state index in [1.165, 1.54) is 0 Å². The first-order chi connectivity index (χ1) is 10.6. The molecule has 0 radical (unpaired) electrons. The van der Waals surface area contributed by atoms with Crippen molar-refractivity contribution < 1.29 is 19.5 Å². The molecule has 0 aliphatic rings. The van der Waals surface area contributed by atoms with Crippen LogP contribution in [0.3, 0.4) is 0 Å². The molecule has 6 nitrogen and oxygen atoms in total. The molecular weight excluding hydrogens is 284 g/mol. The van der Waals surface area contributed by atoms with Crippen LogP contribution in [0.15, 0.2) is 30.3 Å². The Labute approximate surface area is 129 Å². The molecule has 0 saturated heterocycles. The first kappa shape index (κ1) is 17.7. The van der Waals surface area contributed by atoms with E-state index < -0.39 is 24.0 Å². The van der Waals surface area contributed by atoms with Gasteiger partial charge < -0.3 is 15.7 Å². The summed E-state index contributed by atoms with van der Waals surface area (Å²) >= 11 is 0. The lowest BCUT2D eigenvalue weighted by atomic mass is 10.0. The highest BCUT2D eigenvalue weighted by molar-refractivity contribution is 5.88. The van der Waals surface area contributed by atoms with Gasteiger partial charge in [-0.05, 0) is 12.0 Å². The van der Waals surface area contributed by atoms with E-state index in [1.54, 1.807) is 12.1 Å². The minimum absolute atomic E-state index is 0.198. The zero-order valence-corrected chi connectivity index (χ0v) is 12.6. The van der Waals surface area contributed by atoms with Crippen LogP contribution in [0.25, 0.3) is 0 Å². The summed E-state index contributed by atoms with van der Waals surface area (Å²) in [5, 5.41) is 14.2. The summed E-state index contributed by atoms with van der Waals surface area (Å²) in [5.74, 6) is -1.57. The molecule has 0 unspecified atom stereocenters. The van der Waals surface area contributed by atoms with Crippen LogP contribution >= 0.6 is 0 Å². The molecule has 0 aliphatic heterocycles. The van der Waals surface area contributed by atoms with Gasteiger partial charge in [0, 0.05) is 6.42 Å². The largest absolute Gasteiger partial charge is 0.480 e. The number of aliphatic carboxylic acids is 1. The number of hydrogen-bond acceptors (Lipinski definition) is 3. The van der Waals surface area contributed by atoms with Gasteiger partial charge in [0.1, 0.15) is 12.1 Å². The number of unbranched alkanes of at least 4 members (excludes halogenated alkanes) is 1. The molecule has 22 heavy (non-hydrogen) atoms. The monoisotopic (exact) mass is 306 g/mol. The first-order valence-electron chi connectivity index (χ1n) is 7.35. The molecule has 120 valence electrons. The first-order valence-corrected chi connectivity index (χ1v) is 7.35. The van der Waals surface area contributed by atoms with Crippen LogP contribution in [0.5, 0.6) is 0 Å². The van der Waals surface area contributed by atoms with Gasteiger partial charge in [0.15, 0.2) is 0 Å². The number of carboxylic acids is 1. The van der Waals surface area contributed by atoms with E-state index in [4.69, 9.17) is 0 Å². The van der Waals surface area contributed by atoms with Crippen molar-refractivity contribution >= 4 is 18.3 Å². The molecule has 1 rings (SSSR count). The number of hydrogen-bond donors (Lipinski definition) is 3. The van der Waals surface area contributed by atoms with Gasteiger partial charge in [-0.15, -0.1) is 0 Å². The van der Waals surface area contributed by atoms with Gasteiger partial charge in [-0.3, -0.25) is 9.59 Å². The lowest BCUT2D eigenvalue weighted by Gasteiger charge is -2.20. The molecule has 6 heteroatoms. The van der Waals surface area contributed by atoms with E-state index in [1.807, 2.05) is 25.1 Å². The van der Waals surface area contributed by atoms with Crippen LogP contribution in [0.2, 0.25) is 0 Å². The van der Waals surface area contributed by atoms with Gasteiger partial charge in [-0.25, -0.2) is 4.79 Å². The second-order valence-corrected chi connectivity index (χ2v) is 5.07. The predicted octanol–water partition coefficient (Wildman–Crippen LogP) is 1.10. The maximum absolute atomic E-state index is 12.1. The number of benzene rings is 1. The summed E-state index contributed by atoms with van der Waals surface area (Å²) in [7, 11) is 0. The lowest BCUT2D eigenvalue weighted by molar-refractivity contribution is -0.142. The van der Waals surface area contributed by atoms with Crippen molar-refractivity contribution in [2.75, 3.05) is 0 Å². The van der Waals surface area contributed by atoms with E-state index in [9.17, 15) is 19.5 Å². The summed E-state index contributed by atoms with van der Waals surface area (Å²) in [5.41, 5.74) is 0.823. The van der Waals surface area contributed by atoms with Crippen molar-refractivity contribution in [3.8, 4) is 0 Å². The second kappa shape index (κ2) is 9.55. The predicted molar refractivity (Wildman–Crippen MR) is 82.2 cm³/mol. The quantitative estimate of drug-likeness (QED) is 0.564. The van der Waals surface area contributed by atoms with Gasteiger partial charge in [-0.2, -0.15) is 0 Å². The van der Waals surface area contributed by atoms with Crippen molar-refractivity contribution in [2.45, 2.75) is 44.7 Å². The standard InChI is InChI=1S/C16H22N2O4/c1-2-3-9-13(17-11-19)15(20)18-14(16(21)22)10-12-7-5-4-6-8-12/h4-8,11,13-14H,2-3,9-10H2,1H3,(H,17,19)(H,18,20)(H,21,22)/t13-,14-/m0/s1. The Balaban J connectivity index is 2.69. The zero-order chi connectivity index (χ0) is 16.4. The number of carbonyl (C=O) groups excluding carboxylic acids is 2. The lowest BCUT2D eigenvalue weighted by Crippen LogP contribution is -2.50. The van der Waals surface area contributed by atoms with Gasteiger partial charge in [0.05, 0.1) is 0 Å². The Morgan fingerprint density at radius 1 is 1.23 bits per heavy atom. The molecule has 0 heterocycles. The highest BCUT2D eigenvalue weighted by Gasteiger charge is 2.24. The molecule has 1 aromatic carbocycles. The fraction of sp³-hybridized carbons (Fsp3) is 0.438. The molecule has 3 N–H and O–H groups in total. The fourth-order valence-electron chi connectivity index (χ4n) is 2.10. The maximum atomic E-state index is 12.1. The Hall–Kier alpha value is -2.37. The molecule has 0 aliphatic carbocycles. The van der Waals surface area contributed by atoms with E-state index in [0.29, 0.717) is 12.8 Å². The van der Waals surface area contributed by atoms with E-state index in [-0.39, 0.29) is 6.42 Å². The van der Waals surface area contributed by atoms with Gasteiger partial charge >= 0.3 is 5.97 Å². The fourth-order valence-corrected chi connectivity index (χ4v) is 2.10. The Bertz CT molecular complexity index is 490. The topological polar surface area (TPSA) is 95.5 Å². The minimum atomic E-state index is -1.10. The van der Waals surface area contributed by atoms with Crippen molar-refractivity contribution in [1.29, 1.82) is 0 Å². The molecule has 2 amide bonds. The summed E-state index contributed by atoms with van der Waals surface area (Å²) in [6, 6.07) is 7.36. The van der Waals surface area contributed by atoms with E-state index >= 15 is 0 Å². The molecule has 1 aromatic rings. The Kier molecular flexibility index (Phi) is 7.67. The summed E-state index contributed by atoms with van der Waals surface area (Å²) in [4.78, 5) is 34.1. The minimum Gasteiger partial charge on any atom is -0.480 e. The van der Waals surface area contributed by atoms with Crippen LogP contribution < -0.4 is 10.6 Å². The average Bonchev–Trinajstić information content (AvgIpc) is 2.51. The Morgan fingerprint density at radius 2 is 1.91 bits per heavy atom. The third kappa shape index (κ3) is 5.95. The SMILES string of the molecule is CCCC[C@H](NC=O)C(=O)N[C@@H](Cc1ccccc1)C(=O)O. The molecular formula is C16H22N2O4. The van der Waals surface area contributed by atoms with Crippen LogP contribution in [-0.4, -0.2) is 35.5 Å². The third-order valence-electron chi connectivity index (χ3n) is 3.33. The number of carboxylic acid groups (broad SMARTS) is 1. The molecule has 0 spiro atoms. The van der Waals surface area contributed by atoms with Crippen molar-refractivity contribution in [3.63, 3.8) is 0 Å². The maximum Gasteiger partial charge on any atom is 0.326 e. The van der Waals surface area contributed by atoms with E-state index in [2.05, 4.69) is 10.6 Å². The number of nitrogens with one attached hydrogen (secondary N) is 2. The van der Waals surface area contributed by atoms with Crippen molar-refractivity contribution in [1.82, 2.24) is 10.6 Å². The second-order valence-electron chi connectivity index (χ2n) is 5.07. The molecule has 2 atom stereocenters. The smallest absolute Gasteiger partial charge is 0.326 e. The van der Waals surface area contributed by atoms with Crippen molar-refractivity contribution in [2.24, 2.45) is 0 Å². The number of amides is 2. The summed E-state index contributed by atoms with van der Waals surface area (Å²) < 4.78 is 0. The highest BCUT2D eigenvalue weighted by atomic mass is 16.4. The Morgan fingerprint density at radius 3 is 2.45 bits per heavy atom. The molecule has 0 bridgehead atoms. The molecule has 0 saturated carbocycles. The van der Waals surface area contributed by atoms with Gasteiger partial charge in [-0.1, -0.05) is 50.1 Å². The van der Waals surface area contributed by atoms with Gasteiger partial charge in [0.2, 0.25) is 12.3 Å². The number of carbonyl (C=O) groups is 3. The zero-order valence-electron chi connectivity index (χ0n) is 12.6. The van der Waals surface area contributed by atoms with Gasteiger partial charge in [0.25, 0.3) is 0 Å².